The fraction of sp³-hybridized carbons (Fsp3) is 0.524. The van der Waals surface area contributed by atoms with Gasteiger partial charge in [0, 0.05) is 36.3 Å². The number of aromatic nitrogens is 2. The van der Waals surface area contributed by atoms with Crippen molar-refractivity contribution in [3.8, 4) is 0 Å². The number of hydrogen-bond acceptors (Lipinski definition) is 5. The lowest BCUT2D eigenvalue weighted by Crippen LogP contribution is -2.42. The lowest BCUT2D eigenvalue weighted by molar-refractivity contribution is 0.208. The van der Waals surface area contributed by atoms with Gasteiger partial charge in [-0.2, -0.15) is 0 Å². The van der Waals surface area contributed by atoms with Crippen LogP contribution in [0.5, 0.6) is 0 Å². The average molecular weight is 387 g/mol. The smallest absolute Gasteiger partial charge is 0.225 e. The highest BCUT2D eigenvalue weighted by Gasteiger charge is 2.39. The maximum absolute atomic E-state index is 9.55. The van der Waals surface area contributed by atoms with E-state index < -0.39 is 0 Å². The molecule has 0 saturated carbocycles. The summed E-state index contributed by atoms with van der Waals surface area (Å²) in [5.41, 5.74) is 2.02. The molecule has 0 spiro atoms. The number of nitrogens with zero attached hydrogens (tertiary/aromatic N) is 3. The van der Waals surface area contributed by atoms with E-state index in [0.29, 0.717) is 5.92 Å². The molecule has 5 nitrogen and oxygen atoms in total. The second-order valence-electron chi connectivity index (χ2n) is 7.69. The topological polar surface area (TPSA) is 61.3 Å². The molecule has 6 heteroatoms. The van der Waals surface area contributed by atoms with Crippen LogP contribution >= 0.6 is 11.6 Å². The van der Waals surface area contributed by atoms with E-state index in [9.17, 15) is 5.11 Å². The first kappa shape index (κ1) is 18.7. The molecule has 1 aromatic heterocycles. The molecule has 27 heavy (non-hydrogen) atoms. The number of aliphatic hydroxyl groups is 1. The van der Waals surface area contributed by atoms with Gasteiger partial charge in [-0.25, -0.2) is 9.97 Å². The molecular weight excluding hydrogens is 360 g/mol. The predicted molar refractivity (Wildman–Crippen MR) is 108 cm³/mol. The minimum absolute atomic E-state index is 0.187. The van der Waals surface area contributed by atoms with Crippen LogP contribution in [-0.4, -0.2) is 47.9 Å². The third-order valence-electron chi connectivity index (χ3n) is 6.04. The molecule has 1 aromatic carbocycles. The summed E-state index contributed by atoms with van der Waals surface area (Å²) in [5, 5.41) is 13.8. The number of rotatable bonds is 4. The standard InChI is InChI=1S/C21H27ClN4O/c22-18-6-2-1-5-17(18)21(8-11-23-12-9-21)19-7-10-24-20(25-19)26-13-3-4-16(14-26)15-27/h1-2,5-7,10,16,23,27H,3-4,8-9,11-15H2. The first-order chi connectivity index (χ1) is 13.2. The minimum Gasteiger partial charge on any atom is -0.396 e. The van der Waals surface area contributed by atoms with Crippen molar-refractivity contribution in [3.63, 3.8) is 0 Å². The van der Waals surface area contributed by atoms with E-state index in [4.69, 9.17) is 16.6 Å². The monoisotopic (exact) mass is 386 g/mol. The Morgan fingerprint density at radius 3 is 2.81 bits per heavy atom. The van der Waals surface area contributed by atoms with Gasteiger partial charge >= 0.3 is 0 Å². The van der Waals surface area contributed by atoms with Crippen molar-refractivity contribution < 1.29 is 5.11 Å². The van der Waals surface area contributed by atoms with Crippen molar-refractivity contribution in [2.24, 2.45) is 5.92 Å². The van der Waals surface area contributed by atoms with Gasteiger partial charge < -0.3 is 15.3 Å². The van der Waals surface area contributed by atoms with E-state index in [1.807, 2.05) is 24.4 Å². The third-order valence-corrected chi connectivity index (χ3v) is 6.37. The molecule has 2 aromatic rings. The second kappa shape index (κ2) is 8.13. The van der Waals surface area contributed by atoms with Crippen LogP contribution in [-0.2, 0) is 5.41 Å². The van der Waals surface area contributed by atoms with Crippen molar-refractivity contribution in [2.45, 2.75) is 31.1 Å². The number of aliphatic hydroxyl groups excluding tert-OH is 1. The Balaban J connectivity index is 1.72. The Morgan fingerprint density at radius 2 is 2.04 bits per heavy atom. The summed E-state index contributed by atoms with van der Waals surface area (Å²) in [6.07, 6.45) is 5.94. The van der Waals surface area contributed by atoms with Crippen molar-refractivity contribution in [2.75, 3.05) is 37.7 Å². The van der Waals surface area contributed by atoms with E-state index >= 15 is 0 Å². The van der Waals surface area contributed by atoms with Gasteiger partial charge in [-0.3, -0.25) is 0 Å². The maximum Gasteiger partial charge on any atom is 0.225 e. The van der Waals surface area contributed by atoms with E-state index in [2.05, 4.69) is 27.3 Å². The number of anilines is 1. The number of halogens is 1. The zero-order valence-corrected chi connectivity index (χ0v) is 16.3. The van der Waals surface area contributed by atoms with Crippen LogP contribution in [0.4, 0.5) is 5.95 Å². The van der Waals surface area contributed by atoms with Crippen LogP contribution in [0.1, 0.15) is 36.9 Å². The predicted octanol–water partition coefficient (Wildman–Crippen LogP) is 3.01. The van der Waals surface area contributed by atoms with Crippen molar-refractivity contribution in [3.05, 3.63) is 52.8 Å². The fourth-order valence-corrected chi connectivity index (χ4v) is 4.85. The molecule has 0 radical (unpaired) electrons. The quantitative estimate of drug-likeness (QED) is 0.845. The van der Waals surface area contributed by atoms with Crippen LogP contribution < -0.4 is 10.2 Å². The molecule has 2 N–H and O–H groups in total. The Labute approximate surface area is 165 Å². The first-order valence-electron chi connectivity index (χ1n) is 9.88. The second-order valence-corrected chi connectivity index (χ2v) is 8.10. The van der Waals surface area contributed by atoms with Crippen LogP contribution in [0, 0.1) is 5.92 Å². The van der Waals surface area contributed by atoms with Gasteiger partial charge in [0.25, 0.3) is 0 Å². The van der Waals surface area contributed by atoms with E-state index in [1.54, 1.807) is 0 Å². The molecule has 0 bridgehead atoms. The van der Waals surface area contributed by atoms with Crippen LogP contribution in [0.2, 0.25) is 5.02 Å². The van der Waals surface area contributed by atoms with Gasteiger partial charge in [0.2, 0.25) is 5.95 Å². The van der Waals surface area contributed by atoms with E-state index in [-0.39, 0.29) is 12.0 Å². The third kappa shape index (κ3) is 3.68. The van der Waals surface area contributed by atoms with Crippen molar-refractivity contribution in [1.29, 1.82) is 0 Å². The molecule has 144 valence electrons. The number of piperidine rings is 2. The highest BCUT2D eigenvalue weighted by Crippen LogP contribution is 2.42. The molecule has 3 heterocycles. The van der Waals surface area contributed by atoms with E-state index in [0.717, 1.165) is 74.1 Å². The Kier molecular flexibility index (Phi) is 5.62. The highest BCUT2D eigenvalue weighted by molar-refractivity contribution is 6.31. The minimum atomic E-state index is -0.187. The molecule has 1 atom stereocenters. The van der Waals surface area contributed by atoms with Crippen LogP contribution in [0.15, 0.2) is 36.5 Å². The molecule has 4 rings (SSSR count). The summed E-state index contributed by atoms with van der Waals surface area (Å²) in [5.74, 6) is 1.08. The van der Waals surface area contributed by atoms with E-state index in [1.165, 1.54) is 0 Å². The SMILES string of the molecule is OCC1CCCN(c2nccc(C3(c4ccccc4Cl)CCNCC3)n2)C1. The van der Waals surface area contributed by atoms with Gasteiger partial charge in [0.15, 0.2) is 0 Å². The van der Waals surface area contributed by atoms with Gasteiger partial charge in [0.1, 0.15) is 0 Å². The number of hydrogen-bond donors (Lipinski definition) is 2. The summed E-state index contributed by atoms with van der Waals surface area (Å²) in [6, 6.07) is 10.2. The molecule has 2 saturated heterocycles. The largest absolute Gasteiger partial charge is 0.396 e. The Hall–Kier alpha value is -1.69. The lowest BCUT2D eigenvalue weighted by atomic mass is 9.70. The fourth-order valence-electron chi connectivity index (χ4n) is 4.53. The highest BCUT2D eigenvalue weighted by atomic mass is 35.5. The van der Waals surface area contributed by atoms with Gasteiger partial charge in [-0.15, -0.1) is 0 Å². The summed E-state index contributed by atoms with van der Waals surface area (Å²) >= 11 is 6.62. The van der Waals surface area contributed by atoms with Gasteiger partial charge in [-0.05, 0) is 62.4 Å². The maximum atomic E-state index is 9.55. The molecule has 1 unspecified atom stereocenters. The molecule has 0 aliphatic carbocycles. The summed E-state index contributed by atoms with van der Waals surface area (Å²) in [7, 11) is 0. The number of nitrogens with one attached hydrogen (secondary N) is 1. The zero-order chi connectivity index (χ0) is 18.7. The molecule has 2 aliphatic heterocycles. The van der Waals surface area contributed by atoms with Crippen LogP contribution in [0.3, 0.4) is 0 Å². The first-order valence-corrected chi connectivity index (χ1v) is 10.3. The summed E-state index contributed by atoms with van der Waals surface area (Å²) in [4.78, 5) is 11.8. The Bertz CT molecular complexity index is 778. The Morgan fingerprint density at radius 1 is 1.22 bits per heavy atom. The summed E-state index contributed by atoms with van der Waals surface area (Å²) in [6.45, 7) is 3.88. The zero-order valence-electron chi connectivity index (χ0n) is 15.6. The van der Waals surface area contributed by atoms with Crippen molar-refractivity contribution >= 4 is 17.5 Å². The number of benzene rings is 1. The van der Waals surface area contributed by atoms with Gasteiger partial charge in [0.05, 0.1) is 5.69 Å². The molecule has 2 fully saturated rings. The average Bonchev–Trinajstić information content (AvgIpc) is 2.75. The molecular formula is C21H27ClN4O. The molecule has 2 aliphatic rings. The lowest BCUT2D eigenvalue weighted by Gasteiger charge is -2.39. The summed E-state index contributed by atoms with van der Waals surface area (Å²) < 4.78 is 0. The van der Waals surface area contributed by atoms with Crippen molar-refractivity contribution in [1.82, 2.24) is 15.3 Å². The van der Waals surface area contributed by atoms with Crippen LogP contribution in [0.25, 0.3) is 0 Å². The molecule has 0 amide bonds. The van der Waals surface area contributed by atoms with Gasteiger partial charge in [-0.1, -0.05) is 29.8 Å². The normalized spacial score (nSPS) is 22.6.